The molecule has 126 valence electrons. The summed E-state index contributed by atoms with van der Waals surface area (Å²) in [6.07, 6.45) is 3.82. The van der Waals surface area contributed by atoms with Crippen LogP contribution in [-0.2, 0) is 16.0 Å². The van der Waals surface area contributed by atoms with Gasteiger partial charge in [0.1, 0.15) is 5.82 Å². The van der Waals surface area contributed by atoms with E-state index >= 15 is 0 Å². The van der Waals surface area contributed by atoms with Crippen molar-refractivity contribution in [3.05, 3.63) is 35.8 Å². The first kappa shape index (κ1) is 15.5. The molecule has 0 bridgehead atoms. The predicted molar refractivity (Wildman–Crippen MR) is 89.6 cm³/mol. The van der Waals surface area contributed by atoms with Crippen molar-refractivity contribution < 1.29 is 16.8 Å². The van der Waals surface area contributed by atoms with E-state index in [1.54, 1.807) is 17.2 Å². The molecule has 1 fully saturated rings. The van der Waals surface area contributed by atoms with Crippen LogP contribution in [0.5, 0.6) is 0 Å². The number of halogens is 1. The number of fused-ring (bicyclic) bond motifs is 1. The molecule has 0 unspecified atom stereocenters. The Bertz CT molecular complexity index is 751. The maximum atomic E-state index is 13.2. The van der Waals surface area contributed by atoms with Crippen LogP contribution in [0.3, 0.4) is 0 Å². The number of aromatic nitrogens is 1. The summed E-state index contributed by atoms with van der Waals surface area (Å²) in [6.45, 7) is 2.76. The third-order valence-electron chi connectivity index (χ3n) is 4.25. The van der Waals surface area contributed by atoms with Gasteiger partial charge in [0.15, 0.2) is 0 Å². The summed E-state index contributed by atoms with van der Waals surface area (Å²) in [6, 6.07) is 4.55. The number of benzene rings is 1. The maximum absolute atomic E-state index is 13.2. The number of hydrogen-bond acceptors (Lipinski definition) is 2. The lowest BCUT2D eigenvalue weighted by molar-refractivity contribution is -0.132. The topological polar surface area (TPSA) is 65.2 Å². The van der Waals surface area contributed by atoms with Gasteiger partial charge in [0.05, 0.1) is 6.42 Å². The summed E-state index contributed by atoms with van der Waals surface area (Å²) in [5, 5.41) is 3.75. The normalized spacial score (nSPS) is 18.2. The molecule has 1 saturated heterocycles. The number of nitrogens with zero attached hydrogens (tertiary/aromatic N) is 1. The number of aromatic amines is 1. The first-order valence-electron chi connectivity index (χ1n) is 7.83. The molecule has 2 aromatic rings. The number of carbonyl (C=O) groups is 2. The van der Waals surface area contributed by atoms with Crippen molar-refractivity contribution in [2.24, 2.45) is 0 Å². The van der Waals surface area contributed by atoms with E-state index in [0.29, 0.717) is 18.6 Å². The minimum absolute atomic E-state index is 0. The van der Waals surface area contributed by atoms with E-state index in [9.17, 15) is 14.0 Å². The Morgan fingerprint density at radius 2 is 2.30 bits per heavy atom. The highest BCUT2D eigenvalue weighted by Crippen LogP contribution is 2.21. The van der Waals surface area contributed by atoms with E-state index in [0.717, 1.165) is 23.8 Å². The molecule has 1 aromatic heterocycles. The van der Waals surface area contributed by atoms with Gasteiger partial charge in [0, 0.05) is 46.0 Å². The molecule has 0 spiro atoms. The van der Waals surface area contributed by atoms with Gasteiger partial charge in [-0.15, -0.1) is 0 Å². The van der Waals surface area contributed by atoms with Gasteiger partial charge in [-0.05, 0) is 36.6 Å². The number of rotatable bonds is 3. The highest BCUT2D eigenvalue weighted by atomic mass is 19.1. The third kappa shape index (κ3) is 3.52. The van der Waals surface area contributed by atoms with Gasteiger partial charge in [-0.3, -0.25) is 9.59 Å². The second-order valence-electron chi connectivity index (χ2n) is 6.06. The van der Waals surface area contributed by atoms with E-state index in [1.807, 2.05) is 0 Å². The zero-order valence-corrected chi connectivity index (χ0v) is 13.1. The van der Waals surface area contributed by atoms with Crippen LogP contribution < -0.4 is 5.32 Å². The minimum Gasteiger partial charge on any atom is -0.361 e. The van der Waals surface area contributed by atoms with Crippen molar-refractivity contribution in [1.82, 2.24) is 15.2 Å². The highest BCUT2D eigenvalue weighted by Gasteiger charge is 2.24. The fraction of sp³-hybridized carbons (Fsp3) is 0.412. The smallest absolute Gasteiger partial charge is 0.227 e. The predicted octanol–water partition coefficient (Wildman–Crippen LogP) is 2.47. The molecule has 23 heavy (non-hydrogen) atoms. The Morgan fingerprint density at radius 1 is 1.48 bits per heavy atom. The first-order valence-corrected chi connectivity index (χ1v) is 7.83. The second kappa shape index (κ2) is 6.40. The molecule has 1 atom stereocenters. The number of likely N-dealkylation sites (tertiary alicyclic amines) is 1. The van der Waals surface area contributed by atoms with Crippen LogP contribution in [-0.4, -0.2) is 40.8 Å². The summed E-state index contributed by atoms with van der Waals surface area (Å²) in [5.41, 5.74) is 1.56. The fourth-order valence-corrected chi connectivity index (χ4v) is 3.19. The van der Waals surface area contributed by atoms with Crippen molar-refractivity contribution in [3.63, 3.8) is 0 Å². The number of hydrogen-bond donors (Lipinski definition) is 2. The zero-order chi connectivity index (χ0) is 16.4. The van der Waals surface area contributed by atoms with Crippen LogP contribution >= 0.6 is 0 Å². The largest absolute Gasteiger partial charge is 0.361 e. The molecule has 1 aromatic carbocycles. The average Bonchev–Trinajstić information content (AvgIpc) is 2.89. The molecule has 5 nitrogen and oxygen atoms in total. The molecular formula is C17H24FN3O2. The summed E-state index contributed by atoms with van der Waals surface area (Å²) in [4.78, 5) is 28.5. The fourth-order valence-electron chi connectivity index (χ4n) is 3.19. The molecule has 0 radical (unpaired) electrons. The molecular weight excluding hydrogens is 297 g/mol. The monoisotopic (exact) mass is 321 g/mol. The van der Waals surface area contributed by atoms with Gasteiger partial charge in [-0.1, -0.05) is 0 Å². The summed E-state index contributed by atoms with van der Waals surface area (Å²) in [7, 11) is 0. The van der Waals surface area contributed by atoms with Crippen molar-refractivity contribution in [2.45, 2.75) is 32.2 Å². The van der Waals surface area contributed by atoms with Crippen LogP contribution in [0.4, 0.5) is 4.39 Å². The lowest BCUT2D eigenvalue weighted by atomic mass is 10.0. The van der Waals surface area contributed by atoms with Crippen LogP contribution in [0, 0.1) is 5.82 Å². The first-order chi connectivity index (χ1) is 11.0. The van der Waals surface area contributed by atoms with Gasteiger partial charge in [0.2, 0.25) is 11.8 Å². The molecule has 2 N–H and O–H groups in total. The molecule has 1 aliphatic rings. The summed E-state index contributed by atoms with van der Waals surface area (Å²) in [5.74, 6) is -0.334. The third-order valence-corrected chi connectivity index (χ3v) is 4.25. The van der Waals surface area contributed by atoms with E-state index in [-0.39, 0.29) is 32.9 Å². The lowest BCUT2D eigenvalue weighted by Gasteiger charge is -2.33. The van der Waals surface area contributed by atoms with E-state index < -0.39 is 0 Å². The molecule has 0 aliphatic carbocycles. The molecule has 3 rings (SSSR count). The molecule has 1 aliphatic heterocycles. The molecule has 2 heterocycles. The van der Waals surface area contributed by atoms with Crippen LogP contribution in [0.15, 0.2) is 24.4 Å². The minimum atomic E-state index is -0.300. The maximum Gasteiger partial charge on any atom is 0.227 e. The zero-order valence-electron chi connectivity index (χ0n) is 13.1. The number of amides is 2. The Kier molecular flexibility index (Phi) is 4.32. The summed E-state index contributed by atoms with van der Waals surface area (Å²) >= 11 is 0. The van der Waals surface area contributed by atoms with Crippen molar-refractivity contribution in [2.75, 3.05) is 13.1 Å². The number of carbonyl (C=O) groups excluding carboxylic acids is 2. The van der Waals surface area contributed by atoms with E-state index in [1.165, 1.54) is 19.1 Å². The SMILES string of the molecule is CC(=O)N[C@H]1CCCN(C(=O)Cc2c[nH]c3cc(F)ccc23)C1.[HH].[HH]. The Hall–Kier alpha value is -2.37. The van der Waals surface area contributed by atoms with Crippen molar-refractivity contribution >= 4 is 22.7 Å². The van der Waals surface area contributed by atoms with Gasteiger partial charge >= 0.3 is 0 Å². The second-order valence-corrected chi connectivity index (χ2v) is 6.06. The quantitative estimate of drug-likeness (QED) is 0.912. The van der Waals surface area contributed by atoms with Crippen LogP contribution in [0.1, 0.15) is 28.2 Å². The number of nitrogens with one attached hydrogen (secondary N) is 2. The van der Waals surface area contributed by atoms with Gasteiger partial charge in [-0.25, -0.2) is 4.39 Å². The van der Waals surface area contributed by atoms with E-state index in [4.69, 9.17) is 0 Å². The molecule has 2 amide bonds. The Morgan fingerprint density at radius 3 is 3.09 bits per heavy atom. The summed E-state index contributed by atoms with van der Waals surface area (Å²) < 4.78 is 13.2. The van der Waals surface area contributed by atoms with Crippen LogP contribution in [0.2, 0.25) is 0 Å². The molecule has 6 heteroatoms. The van der Waals surface area contributed by atoms with E-state index in [2.05, 4.69) is 10.3 Å². The average molecular weight is 321 g/mol. The highest BCUT2D eigenvalue weighted by molar-refractivity contribution is 5.89. The Balaban J connectivity index is 0.00000156. The van der Waals surface area contributed by atoms with Gasteiger partial charge in [0.25, 0.3) is 0 Å². The standard InChI is InChI=1S/C17H20FN3O2.2H2/c1-11(22)20-14-3-2-6-21(10-14)17(23)7-12-9-19-16-8-13(18)4-5-15(12)16;;/h4-5,8-9,14,19H,2-3,6-7,10H2,1H3,(H,20,22);2*1H/t14-;;/m0../s1. The van der Waals surface area contributed by atoms with Crippen molar-refractivity contribution in [3.8, 4) is 0 Å². The number of piperidine rings is 1. The van der Waals surface area contributed by atoms with Crippen molar-refractivity contribution in [1.29, 1.82) is 0 Å². The molecule has 0 saturated carbocycles. The lowest BCUT2D eigenvalue weighted by Crippen LogP contribution is -2.49. The Labute approximate surface area is 136 Å². The van der Waals surface area contributed by atoms with Gasteiger partial charge in [-0.2, -0.15) is 0 Å². The number of H-pyrrole nitrogens is 1. The van der Waals surface area contributed by atoms with Crippen LogP contribution in [0.25, 0.3) is 10.9 Å². The van der Waals surface area contributed by atoms with Gasteiger partial charge < -0.3 is 15.2 Å².